The maximum absolute atomic E-state index is 13.0. The van der Waals surface area contributed by atoms with E-state index in [1.165, 1.54) is 21.3 Å². The average molecular weight is 438 g/mol. The summed E-state index contributed by atoms with van der Waals surface area (Å²) in [5, 5.41) is 12.0. The van der Waals surface area contributed by atoms with Crippen molar-refractivity contribution in [3.8, 4) is 28.7 Å². The van der Waals surface area contributed by atoms with E-state index in [0.717, 1.165) is 4.73 Å². The number of hydrogen-bond acceptors (Lipinski definition) is 8. The molecular weight excluding hydrogens is 416 g/mol. The molecule has 0 bridgehead atoms. The van der Waals surface area contributed by atoms with Crippen molar-refractivity contribution in [1.82, 2.24) is 4.73 Å². The summed E-state index contributed by atoms with van der Waals surface area (Å²) in [6.45, 7) is 0.0923. The molecule has 1 N–H and O–H groups in total. The first-order valence-electron chi connectivity index (χ1n) is 10.1. The molecule has 166 valence electrons. The smallest absolute Gasteiger partial charge is 0.231 e. The molecule has 0 saturated carbocycles. The van der Waals surface area contributed by atoms with Crippen molar-refractivity contribution in [1.29, 1.82) is 0 Å². The van der Waals surface area contributed by atoms with Gasteiger partial charge in [0.2, 0.25) is 12.5 Å². The molecule has 9 heteroatoms. The molecule has 3 aromatic rings. The number of methoxy groups -OCH3 is 3. The average Bonchev–Trinajstić information content (AvgIpc) is 3.27. The molecule has 1 aliphatic heterocycles. The number of Topliss-reactive ketones (excluding diaryl/α,β-unsaturated/α-hetero) is 1. The zero-order chi connectivity index (χ0) is 22.4. The highest BCUT2D eigenvalue weighted by Crippen LogP contribution is 2.41. The second-order valence-electron chi connectivity index (χ2n) is 7.48. The number of ketones is 1. The number of carbonyl (C=O) groups excluding carboxylic acids is 1. The normalized spacial score (nSPS) is 15.1. The molecule has 2 heterocycles. The Balaban J connectivity index is 1.88. The van der Waals surface area contributed by atoms with Crippen molar-refractivity contribution in [2.75, 3.05) is 28.1 Å². The maximum atomic E-state index is 13.0. The number of ether oxygens (including phenoxy) is 5. The minimum absolute atomic E-state index is 0.0696. The molecule has 0 unspecified atom stereocenters. The first-order valence-corrected chi connectivity index (χ1v) is 10.1. The van der Waals surface area contributed by atoms with Crippen LogP contribution in [-0.2, 0) is 6.42 Å². The highest BCUT2D eigenvalue weighted by Gasteiger charge is 2.27. The van der Waals surface area contributed by atoms with Crippen LogP contribution in [0.2, 0.25) is 0 Å². The number of nitrogens with zero attached hydrogens (tertiary/aromatic N) is 2. The van der Waals surface area contributed by atoms with Crippen LogP contribution in [0.4, 0.5) is 5.69 Å². The zero-order valence-electron chi connectivity index (χ0n) is 17.9. The number of aromatic nitrogens is 1. The predicted octanol–water partition coefficient (Wildman–Crippen LogP) is 3.38. The van der Waals surface area contributed by atoms with E-state index in [4.69, 9.17) is 28.7 Å². The predicted molar refractivity (Wildman–Crippen MR) is 114 cm³/mol. The SMILES string of the molecule is COc1cc(N=c2c3c(n(O)c4cc5c(cc24)OCO5)CCCC3=O)cc(OC)c1OC. The van der Waals surface area contributed by atoms with Crippen molar-refractivity contribution >= 4 is 22.4 Å². The van der Waals surface area contributed by atoms with Crippen LogP contribution in [0.15, 0.2) is 29.3 Å². The fourth-order valence-electron chi connectivity index (χ4n) is 4.26. The Hall–Kier alpha value is -3.88. The van der Waals surface area contributed by atoms with Gasteiger partial charge in [0.1, 0.15) is 0 Å². The van der Waals surface area contributed by atoms with Gasteiger partial charge in [-0.15, -0.1) is 0 Å². The molecule has 2 aliphatic rings. The van der Waals surface area contributed by atoms with Crippen molar-refractivity contribution in [3.63, 3.8) is 0 Å². The highest BCUT2D eigenvalue weighted by atomic mass is 16.7. The largest absolute Gasteiger partial charge is 0.493 e. The minimum Gasteiger partial charge on any atom is -0.493 e. The Morgan fingerprint density at radius 2 is 1.66 bits per heavy atom. The van der Waals surface area contributed by atoms with E-state index in [9.17, 15) is 10.0 Å². The Bertz CT molecular complexity index is 1300. The first-order chi connectivity index (χ1) is 15.5. The van der Waals surface area contributed by atoms with Crippen molar-refractivity contribution < 1.29 is 33.7 Å². The van der Waals surface area contributed by atoms with Gasteiger partial charge in [0, 0.05) is 30.0 Å². The third-order valence-electron chi connectivity index (χ3n) is 5.74. The maximum Gasteiger partial charge on any atom is 0.231 e. The molecule has 0 radical (unpaired) electrons. The van der Waals surface area contributed by atoms with E-state index in [1.807, 2.05) is 0 Å². The zero-order valence-corrected chi connectivity index (χ0v) is 17.9. The summed E-state index contributed by atoms with van der Waals surface area (Å²) in [7, 11) is 4.58. The van der Waals surface area contributed by atoms with Crippen LogP contribution in [0.5, 0.6) is 28.7 Å². The fraction of sp³-hybridized carbons (Fsp3) is 0.304. The van der Waals surface area contributed by atoms with E-state index < -0.39 is 0 Å². The van der Waals surface area contributed by atoms with E-state index in [2.05, 4.69) is 0 Å². The van der Waals surface area contributed by atoms with Crippen LogP contribution in [0.3, 0.4) is 0 Å². The molecule has 0 saturated heterocycles. The first kappa shape index (κ1) is 20.0. The van der Waals surface area contributed by atoms with Gasteiger partial charge in [0.25, 0.3) is 0 Å². The third kappa shape index (κ3) is 3.00. The lowest BCUT2D eigenvalue weighted by Crippen LogP contribution is -2.27. The number of carbonyl (C=O) groups is 1. The Morgan fingerprint density at radius 3 is 2.31 bits per heavy atom. The van der Waals surface area contributed by atoms with Crippen LogP contribution in [-0.4, -0.2) is 43.8 Å². The molecular formula is C23H22N2O7. The van der Waals surface area contributed by atoms with Gasteiger partial charge in [0.05, 0.1) is 49.1 Å². The Kier molecular flexibility index (Phi) is 4.80. The van der Waals surface area contributed by atoms with Gasteiger partial charge < -0.3 is 28.9 Å². The topological polar surface area (TPSA) is 101 Å². The Morgan fingerprint density at radius 1 is 0.969 bits per heavy atom. The summed E-state index contributed by atoms with van der Waals surface area (Å²) in [4.78, 5) is 17.8. The molecule has 32 heavy (non-hydrogen) atoms. The second-order valence-corrected chi connectivity index (χ2v) is 7.48. The van der Waals surface area contributed by atoms with Gasteiger partial charge in [-0.3, -0.25) is 4.79 Å². The number of hydrogen-bond donors (Lipinski definition) is 1. The van der Waals surface area contributed by atoms with Crippen LogP contribution in [0, 0.1) is 0 Å². The van der Waals surface area contributed by atoms with Crippen molar-refractivity contribution in [3.05, 3.63) is 40.9 Å². The standard InChI is InChI=1S/C23H22N2O7/c1-28-19-7-12(8-20(29-2)23(19)30-3)24-22-13-9-17-18(32-11-31-17)10-15(13)25(27)14-5-4-6-16(26)21(14)22/h7-10,27H,4-6,11H2,1-3H3. The van der Waals surface area contributed by atoms with Crippen LogP contribution < -0.4 is 29.0 Å². The minimum atomic E-state index is -0.0696. The summed E-state index contributed by atoms with van der Waals surface area (Å²) in [6.07, 6.45) is 1.60. The number of rotatable bonds is 4. The van der Waals surface area contributed by atoms with Crippen LogP contribution in [0.1, 0.15) is 28.9 Å². The fourth-order valence-corrected chi connectivity index (χ4v) is 4.26. The van der Waals surface area contributed by atoms with E-state index in [0.29, 0.717) is 81.2 Å². The quantitative estimate of drug-likeness (QED) is 0.623. The molecule has 5 rings (SSSR count). The van der Waals surface area contributed by atoms with E-state index in [-0.39, 0.29) is 12.6 Å². The lowest BCUT2D eigenvalue weighted by molar-refractivity contribution is 0.0959. The van der Waals surface area contributed by atoms with Crippen molar-refractivity contribution in [2.45, 2.75) is 19.3 Å². The highest BCUT2D eigenvalue weighted by molar-refractivity contribution is 6.01. The summed E-state index contributed by atoms with van der Waals surface area (Å²) in [5.41, 5.74) is 1.92. The number of pyridine rings is 1. The summed E-state index contributed by atoms with van der Waals surface area (Å²) < 4.78 is 28.4. The molecule has 9 nitrogen and oxygen atoms in total. The lowest BCUT2D eigenvalue weighted by atomic mass is 9.92. The summed E-state index contributed by atoms with van der Waals surface area (Å²) in [5.74, 6) is 2.33. The molecule has 0 amide bonds. The van der Waals surface area contributed by atoms with Gasteiger partial charge in [-0.25, -0.2) is 4.99 Å². The molecule has 1 aliphatic carbocycles. The second kappa shape index (κ2) is 7.67. The van der Waals surface area contributed by atoms with E-state index in [1.54, 1.807) is 24.3 Å². The third-order valence-corrected chi connectivity index (χ3v) is 5.74. The monoisotopic (exact) mass is 438 g/mol. The summed E-state index contributed by atoms with van der Waals surface area (Å²) >= 11 is 0. The van der Waals surface area contributed by atoms with Gasteiger partial charge in [-0.2, -0.15) is 4.73 Å². The van der Waals surface area contributed by atoms with Crippen LogP contribution >= 0.6 is 0 Å². The number of benzene rings is 2. The van der Waals surface area contributed by atoms with E-state index >= 15 is 0 Å². The van der Waals surface area contributed by atoms with Crippen LogP contribution in [0.25, 0.3) is 10.9 Å². The van der Waals surface area contributed by atoms with Gasteiger partial charge in [-0.05, 0) is 18.9 Å². The van der Waals surface area contributed by atoms with Gasteiger partial charge in [-0.1, -0.05) is 0 Å². The Labute approximate surface area is 183 Å². The van der Waals surface area contributed by atoms with Crippen molar-refractivity contribution in [2.24, 2.45) is 4.99 Å². The van der Waals surface area contributed by atoms with Gasteiger partial charge in [0.15, 0.2) is 28.8 Å². The number of fused-ring (bicyclic) bond motifs is 3. The molecule has 0 atom stereocenters. The molecule has 2 aromatic carbocycles. The molecule has 0 spiro atoms. The summed E-state index contributed by atoms with van der Waals surface area (Å²) in [6, 6.07) is 6.86. The lowest BCUT2D eigenvalue weighted by Gasteiger charge is -2.20. The molecule has 1 aromatic heterocycles. The van der Waals surface area contributed by atoms with Gasteiger partial charge >= 0.3 is 0 Å². The molecule has 0 fully saturated rings.